The lowest BCUT2D eigenvalue weighted by Gasteiger charge is -2.28. The fourth-order valence-corrected chi connectivity index (χ4v) is 7.06. The van der Waals surface area contributed by atoms with E-state index < -0.39 is 19.9 Å². The monoisotopic (exact) mass is 428 g/mol. The summed E-state index contributed by atoms with van der Waals surface area (Å²) in [4.78, 5) is 14.9. The van der Waals surface area contributed by atoms with Crippen LogP contribution in [-0.2, 0) is 19.9 Å². The molecule has 2 aliphatic heterocycles. The molecule has 1 amide bonds. The van der Waals surface area contributed by atoms with Crippen LogP contribution < -0.4 is 0 Å². The standard InChI is InChI=1S/C19H28N2O5S2/c1-2-3-13-21(17-10-14-27(23,24)15-17)19(22)16-6-8-18(9-7-16)28(25,26)20-11-4-5-12-20/h6-9,17H,2-5,10-15H2,1H3/t17-/m1/s1. The highest BCUT2D eigenvalue weighted by atomic mass is 32.2. The number of amides is 1. The van der Waals surface area contributed by atoms with Gasteiger partial charge in [0.1, 0.15) is 0 Å². The summed E-state index contributed by atoms with van der Waals surface area (Å²) in [6.07, 6.45) is 3.89. The minimum atomic E-state index is -3.52. The van der Waals surface area contributed by atoms with Gasteiger partial charge in [-0.3, -0.25) is 4.79 Å². The normalized spacial score (nSPS) is 22.4. The smallest absolute Gasteiger partial charge is 0.254 e. The van der Waals surface area contributed by atoms with E-state index in [1.807, 2.05) is 6.92 Å². The van der Waals surface area contributed by atoms with E-state index in [4.69, 9.17) is 0 Å². The molecule has 2 aliphatic rings. The van der Waals surface area contributed by atoms with Crippen molar-refractivity contribution < 1.29 is 21.6 Å². The van der Waals surface area contributed by atoms with Gasteiger partial charge in [0.15, 0.2) is 9.84 Å². The third-order valence-corrected chi connectivity index (χ3v) is 9.13. The zero-order valence-electron chi connectivity index (χ0n) is 16.2. The molecule has 3 rings (SSSR count). The summed E-state index contributed by atoms with van der Waals surface area (Å²) in [5.74, 6) is -0.120. The molecule has 1 aromatic rings. The highest BCUT2D eigenvalue weighted by molar-refractivity contribution is 7.91. The van der Waals surface area contributed by atoms with E-state index in [1.54, 1.807) is 4.90 Å². The second-order valence-electron chi connectivity index (χ2n) is 7.54. The van der Waals surface area contributed by atoms with Crippen LogP contribution in [0, 0.1) is 0 Å². The second kappa shape index (κ2) is 8.51. The molecule has 0 radical (unpaired) electrons. The summed E-state index contributed by atoms with van der Waals surface area (Å²) in [7, 11) is -6.61. The van der Waals surface area contributed by atoms with Crippen LogP contribution in [0.1, 0.15) is 49.4 Å². The van der Waals surface area contributed by atoms with E-state index in [0.717, 1.165) is 25.7 Å². The van der Waals surface area contributed by atoms with Gasteiger partial charge < -0.3 is 4.90 Å². The largest absolute Gasteiger partial charge is 0.335 e. The lowest BCUT2D eigenvalue weighted by atomic mass is 10.1. The molecule has 0 aromatic heterocycles. The lowest BCUT2D eigenvalue weighted by Crippen LogP contribution is -2.41. The number of nitrogens with zero attached hydrogens (tertiary/aromatic N) is 2. The van der Waals surface area contributed by atoms with Crippen molar-refractivity contribution in [2.75, 3.05) is 31.1 Å². The number of rotatable bonds is 7. The van der Waals surface area contributed by atoms with Crippen molar-refractivity contribution in [1.82, 2.24) is 9.21 Å². The Morgan fingerprint density at radius 1 is 1.18 bits per heavy atom. The Bertz CT molecular complexity index is 904. The molecule has 0 N–H and O–H groups in total. The number of unbranched alkanes of at least 4 members (excludes halogenated alkanes) is 1. The maximum Gasteiger partial charge on any atom is 0.254 e. The lowest BCUT2D eigenvalue weighted by molar-refractivity contribution is 0.0694. The van der Waals surface area contributed by atoms with E-state index in [9.17, 15) is 21.6 Å². The number of benzene rings is 1. The van der Waals surface area contributed by atoms with Gasteiger partial charge in [-0.25, -0.2) is 16.8 Å². The molecule has 7 nitrogen and oxygen atoms in total. The van der Waals surface area contributed by atoms with Crippen molar-refractivity contribution in [1.29, 1.82) is 0 Å². The number of sulfone groups is 1. The van der Waals surface area contributed by atoms with E-state index in [2.05, 4.69) is 0 Å². The van der Waals surface area contributed by atoms with E-state index >= 15 is 0 Å². The Hall–Kier alpha value is -1.45. The maximum absolute atomic E-state index is 13.0. The molecular weight excluding hydrogens is 400 g/mol. The fraction of sp³-hybridized carbons (Fsp3) is 0.632. The molecule has 1 atom stereocenters. The first-order chi connectivity index (χ1) is 13.2. The summed E-state index contributed by atoms with van der Waals surface area (Å²) in [6, 6.07) is 5.72. The van der Waals surface area contributed by atoms with Gasteiger partial charge in [0.05, 0.1) is 16.4 Å². The molecule has 0 bridgehead atoms. The second-order valence-corrected chi connectivity index (χ2v) is 11.7. The molecule has 9 heteroatoms. The van der Waals surface area contributed by atoms with Gasteiger partial charge in [0, 0.05) is 31.2 Å². The number of hydrogen-bond acceptors (Lipinski definition) is 5. The van der Waals surface area contributed by atoms with Gasteiger partial charge in [-0.2, -0.15) is 4.31 Å². The van der Waals surface area contributed by atoms with Crippen molar-refractivity contribution >= 4 is 25.8 Å². The fourth-order valence-electron chi connectivity index (χ4n) is 3.81. The van der Waals surface area contributed by atoms with E-state index in [-0.39, 0.29) is 28.4 Å². The number of hydrogen-bond donors (Lipinski definition) is 0. The quantitative estimate of drug-likeness (QED) is 0.661. The van der Waals surface area contributed by atoms with Gasteiger partial charge in [-0.15, -0.1) is 0 Å². The summed E-state index contributed by atoms with van der Waals surface area (Å²) >= 11 is 0. The van der Waals surface area contributed by atoms with Crippen molar-refractivity contribution in [2.24, 2.45) is 0 Å². The first kappa shape index (κ1) is 21.3. The van der Waals surface area contributed by atoms with Crippen molar-refractivity contribution in [2.45, 2.75) is 50.0 Å². The van der Waals surface area contributed by atoms with Crippen molar-refractivity contribution in [3.63, 3.8) is 0 Å². The van der Waals surface area contributed by atoms with Gasteiger partial charge in [-0.05, 0) is 49.9 Å². The molecule has 2 saturated heterocycles. The van der Waals surface area contributed by atoms with Crippen LogP contribution in [0.25, 0.3) is 0 Å². The first-order valence-corrected chi connectivity index (χ1v) is 13.1. The molecule has 0 spiro atoms. The Kier molecular flexibility index (Phi) is 6.46. The summed E-state index contributed by atoms with van der Waals surface area (Å²) in [5.41, 5.74) is 0.390. The zero-order valence-corrected chi connectivity index (χ0v) is 17.8. The molecule has 1 aromatic carbocycles. The summed E-state index contributed by atoms with van der Waals surface area (Å²) < 4.78 is 50.4. The molecule has 156 valence electrons. The zero-order chi connectivity index (χ0) is 20.4. The predicted molar refractivity (Wildman–Crippen MR) is 107 cm³/mol. The van der Waals surface area contributed by atoms with Crippen LogP contribution in [0.5, 0.6) is 0 Å². The van der Waals surface area contributed by atoms with E-state index in [0.29, 0.717) is 31.6 Å². The Morgan fingerprint density at radius 2 is 1.82 bits per heavy atom. The molecule has 2 fully saturated rings. The third-order valence-electron chi connectivity index (χ3n) is 5.47. The first-order valence-electron chi connectivity index (χ1n) is 9.86. The van der Waals surface area contributed by atoms with Gasteiger partial charge in [0.25, 0.3) is 5.91 Å². The SMILES string of the molecule is CCCCN(C(=O)c1ccc(S(=O)(=O)N2CCCC2)cc1)[C@@H]1CCS(=O)(=O)C1. The molecule has 0 unspecified atom stereocenters. The summed E-state index contributed by atoms with van der Waals surface area (Å²) in [6.45, 7) is 3.59. The molecular formula is C19H28N2O5S2. The maximum atomic E-state index is 13.0. The molecule has 0 saturated carbocycles. The average molecular weight is 429 g/mol. The van der Waals surface area contributed by atoms with Gasteiger partial charge in [-0.1, -0.05) is 13.3 Å². The van der Waals surface area contributed by atoms with Crippen LogP contribution in [0.4, 0.5) is 0 Å². The minimum absolute atomic E-state index is 0.00385. The van der Waals surface area contributed by atoms with Crippen LogP contribution in [0.15, 0.2) is 29.2 Å². The summed E-state index contributed by atoms with van der Waals surface area (Å²) in [5, 5.41) is 0. The minimum Gasteiger partial charge on any atom is -0.335 e. The van der Waals surface area contributed by atoms with E-state index in [1.165, 1.54) is 28.6 Å². The number of sulfonamides is 1. The topological polar surface area (TPSA) is 91.8 Å². The Morgan fingerprint density at radius 3 is 2.36 bits per heavy atom. The Balaban J connectivity index is 1.79. The predicted octanol–water partition coefficient (Wildman–Crippen LogP) is 1.90. The van der Waals surface area contributed by atoms with Crippen molar-refractivity contribution in [3.8, 4) is 0 Å². The van der Waals surface area contributed by atoms with Crippen LogP contribution >= 0.6 is 0 Å². The number of carbonyl (C=O) groups excluding carboxylic acids is 1. The molecule has 0 aliphatic carbocycles. The highest BCUT2D eigenvalue weighted by Gasteiger charge is 2.35. The van der Waals surface area contributed by atoms with Crippen LogP contribution in [-0.4, -0.2) is 69.1 Å². The molecule has 28 heavy (non-hydrogen) atoms. The van der Waals surface area contributed by atoms with Gasteiger partial charge in [0.2, 0.25) is 10.0 Å². The third kappa shape index (κ3) is 4.58. The number of carbonyl (C=O) groups is 1. The van der Waals surface area contributed by atoms with Crippen LogP contribution in [0.3, 0.4) is 0 Å². The van der Waals surface area contributed by atoms with Gasteiger partial charge >= 0.3 is 0 Å². The van der Waals surface area contributed by atoms with Crippen LogP contribution in [0.2, 0.25) is 0 Å². The average Bonchev–Trinajstić information content (AvgIpc) is 3.32. The Labute approximate surface area is 167 Å². The molecule has 2 heterocycles. The highest BCUT2D eigenvalue weighted by Crippen LogP contribution is 2.24. The van der Waals surface area contributed by atoms with Crippen molar-refractivity contribution in [3.05, 3.63) is 29.8 Å².